The molecule has 1 saturated heterocycles. The maximum Gasteiger partial charge on any atom is 0.161 e. The molecule has 0 radical (unpaired) electrons. The van der Waals surface area contributed by atoms with E-state index in [4.69, 9.17) is 0 Å². The highest BCUT2D eigenvalue weighted by atomic mass is 19.1. The van der Waals surface area contributed by atoms with Gasteiger partial charge >= 0.3 is 0 Å². The van der Waals surface area contributed by atoms with E-state index in [1.807, 2.05) is 0 Å². The van der Waals surface area contributed by atoms with E-state index in [2.05, 4.69) is 4.74 Å². The van der Waals surface area contributed by atoms with Gasteiger partial charge < -0.3 is 4.74 Å². The third-order valence-corrected chi connectivity index (χ3v) is 1.01. The molecular weight excluding hydrogens is 111 g/mol. The van der Waals surface area contributed by atoms with Crippen molar-refractivity contribution < 1.29 is 13.9 Å². The van der Waals surface area contributed by atoms with Gasteiger partial charge in [0.05, 0.1) is 6.61 Å². The molecule has 46 valence electrons. The lowest BCUT2D eigenvalue weighted by molar-refractivity contribution is -0.130. The molecule has 0 bridgehead atoms. The first-order chi connectivity index (χ1) is 3.79. The molecular formula is C5H7FO2. The third-order valence-electron chi connectivity index (χ3n) is 1.01. The fourth-order valence-electron chi connectivity index (χ4n) is 0.666. The molecule has 1 rings (SSSR count). The van der Waals surface area contributed by atoms with Gasteiger partial charge in [0.15, 0.2) is 5.78 Å². The van der Waals surface area contributed by atoms with Gasteiger partial charge in [-0.2, -0.15) is 0 Å². The predicted octanol–water partition coefficient (Wildman–Crippen LogP) is 0.314. The van der Waals surface area contributed by atoms with Crippen molar-refractivity contribution in [2.24, 2.45) is 0 Å². The highest BCUT2D eigenvalue weighted by Gasteiger charge is 2.18. The van der Waals surface area contributed by atoms with Crippen LogP contribution in [-0.2, 0) is 9.53 Å². The van der Waals surface area contributed by atoms with Crippen LogP contribution in [0.2, 0.25) is 0 Å². The largest absolute Gasteiger partial charge is 0.371 e. The van der Waals surface area contributed by atoms with E-state index in [1.54, 1.807) is 0 Å². The monoisotopic (exact) mass is 118 g/mol. The van der Waals surface area contributed by atoms with Crippen molar-refractivity contribution in [1.29, 1.82) is 0 Å². The van der Waals surface area contributed by atoms with Gasteiger partial charge in [-0.25, -0.2) is 4.39 Å². The van der Waals surface area contributed by atoms with Gasteiger partial charge in [-0.3, -0.25) is 4.79 Å². The molecule has 1 heterocycles. The van der Waals surface area contributed by atoms with Crippen LogP contribution >= 0.6 is 0 Å². The van der Waals surface area contributed by atoms with Crippen molar-refractivity contribution >= 4 is 5.78 Å². The summed E-state index contributed by atoms with van der Waals surface area (Å²) in [6.45, 7) is 0.187. The second-order valence-corrected chi connectivity index (χ2v) is 1.86. The number of Topliss-reactive ketones (excluding diaryl/α,β-unsaturated/α-hetero) is 1. The van der Waals surface area contributed by atoms with E-state index in [1.165, 1.54) is 0 Å². The Morgan fingerprint density at radius 1 is 1.75 bits per heavy atom. The van der Waals surface area contributed by atoms with Crippen molar-refractivity contribution in [3.05, 3.63) is 0 Å². The van der Waals surface area contributed by atoms with Crippen molar-refractivity contribution in [2.75, 3.05) is 13.2 Å². The van der Waals surface area contributed by atoms with E-state index >= 15 is 0 Å². The van der Waals surface area contributed by atoms with Crippen LogP contribution in [0.4, 0.5) is 4.39 Å². The Hall–Kier alpha value is -0.440. The Kier molecular flexibility index (Phi) is 1.58. The summed E-state index contributed by atoms with van der Waals surface area (Å²) < 4.78 is 16.7. The Morgan fingerprint density at radius 2 is 2.50 bits per heavy atom. The molecule has 3 heteroatoms. The number of halogens is 1. The van der Waals surface area contributed by atoms with Gasteiger partial charge in [0.2, 0.25) is 0 Å². The predicted molar refractivity (Wildman–Crippen MR) is 25.3 cm³/mol. The number of ketones is 1. The number of carbonyl (C=O) groups is 1. The molecule has 1 atom stereocenters. The molecule has 2 nitrogen and oxygen atoms in total. The lowest BCUT2D eigenvalue weighted by Gasteiger charge is -2.12. The number of rotatable bonds is 0. The van der Waals surface area contributed by atoms with Crippen LogP contribution < -0.4 is 0 Å². The number of hydrogen-bond acceptors (Lipinski definition) is 2. The highest BCUT2D eigenvalue weighted by molar-refractivity contribution is 5.80. The second-order valence-electron chi connectivity index (χ2n) is 1.86. The molecule has 0 aromatic rings. The van der Waals surface area contributed by atoms with Crippen LogP contribution in [0.5, 0.6) is 0 Å². The summed E-state index contributed by atoms with van der Waals surface area (Å²) >= 11 is 0. The summed E-state index contributed by atoms with van der Waals surface area (Å²) in [6, 6.07) is 0. The molecule has 0 amide bonds. The van der Waals surface area contributed by atoms with Crippen LogP contribution in [0, 0.1) is 0 Å². The summed E-state index contributed by atoms with van der Waals surface area (Å²) in [6.07, 6.45) is -1.02. The smallest absolute Gasteiger partial charge is 0.161 e. The van der Waals surface area contributed by atoms with Gasteiger partial charge in [0, 0.05) is 6.42 Å². The molecule has 0 aromatic carbocycles. The van der Waals surface area contributed by atoms with E-state index in [0.717, 1.165) is 0 Å². The fraction of sp³-hybridized carbons (Fsp3) is 0.800. The highest BCUT2D eigenvalue weighted by Crippen LogP contribution is 2.05. The van der Waals surface area contributed by atoms with Gasteiger partial charge in [-0.15, -0.1) is 0 Å². The van der Waals surface area contributed by atoms with Crippen molar-refractivity contribution in [2.45, 2.75) is 12.6 Å². The Morgan fingerprint density at radius 3 is 2.88 bits per heavy atom. The van der Waals surface area contributed by atoms with Crippen molar-refractivity contribution in [3.63, 3.8) is 0 Å². The molecule has 1 fully saturated rings. The molecule has 0 aliphatic carbocycles. The SMILES string of the molecule is O=C1COCC(F)C1. The molecule has 1 aliphatic rings. The van der Waals surface area contributed by atoms with E-state index in [0.29, 0.717) is 0 Å². The van der Waals surface area contributed by atoms with E-state index in [9.17, 15) is 9.18 Å². The summed E-state index contributed by atoms with van der Waals surface area (Å²) in [5, 5.41) is 0. The van der Waals surface area contributed by atoms with E-state index < -0.39 is 6.17 Å². The molecule has 8 heavy (non-hydrogen) atoms. The van der Waals surface area contributed by atoms with Gasteiger partial charge in [0.25, 0.3) is 0 Å². The van der Waals surface area contributed by atoms with Crippen molar-refractivity contribution in [3.8, 4) is 0 Å². The average Bonchev–Trinajstić information content (AvgIpc) is 1.64. The summed E-state index contributed by atoms with van der Waals surface area (Å²) in [7, 11) is 0. The van der Waals surface area contributed by atoms with Crippen molar-refractivity contribution in [1.82, 2.24) is 0 Å². The quantitative estimate of drug-likeness (QED) is 0.457. The number of alkyl halides is 1. The minimum atomic E-state index is -1.06. The molecule has 0 spiro atoms. The lowest BCUT2D eigenvalue weighted by atomic mass is 10.2. The average molecular weight is 118 g/mol. The Labute approximate surface area is 46.6 Å². The van der Waals surface area contributed by atoms with Crippen LogP contribution in [0.25, 0.3) is 0 Å². The van der Waals surface area contributed by atoms with Gasteiger partial charge in [0.1, 0.15) is 12.8 Å². The second kappa shape index (κ2) is 2.22. The third kappa shape index (κ3) is 1.26. The zero-order valence-corrected chi connectivity index (χ0v) is 4.39. The molecule has 0 N–H and O–H groups in total. The van der Waals surface area contributed by atoms with Crippen LogP contribution in [-0.4, -0.2) is 25.2 Å². The molecule has 0 aromatic heterocycles. The number of ether oxygens (including phenoxy) is 1. The molecule has 1 aliphatic heterocycles. The first-order valence-electron chi connectivity index (χ1n) is 2.52. The summed E-state index contributed by atoms with van der Waals surface area (Å²) in [4.78, 5) is 10.3. The first-order valence-corrected chi connectivity index (χ1v) is 2.52. The normalized spacial score (nSPS) is 30.6. The Bertz CT molecular complexity index is 103. The van der Waals surface area contributed by atoms with Crippen LogP contribution in [0.1, 0.15) is 6.42 Å². The van der Waals surface area contributed by atoms with Crippen LogP contribution in [0.15, 0.2) is 0 Å². The van der Waals surface area contributed by atoms with Crippen LogP contribution in [0.3, 0.4) is 0 Å². The maximum atomic E-state index is 12.1. The number of hydrogen-bond donors (Lipinski definition) is 0. The van der Waals surface area contributed by atoms with Gasteiger partial charge in [-0.05, 0) is 0 Å². The minimum Gasteiger partial charge on any atom is -0.371 e. The minimum absolute atomic E-state index is 0.0417. The number of carbonyl (C=O) groups excluding carboxylic acids is 1. The topological polar surface area (TPSA) is 26.3 Å². The Balaban J connectivity index is 2.34. The fourth-order valence-corrected chi connectivity index (χ4v) is 0.666. The zero-order valence-electron chi connectivity index (χ0n) is 4.39. The van der Waals surface area contributed by atoms with Gasteiger partial charge in [-0.1, -0.05) is 0 Å². The molecule has 1 unspecified atom stereocenters. The van der Waals surface area contributed by atoms with E-state index in [-0.39, 0.29) is 25.4 Å². The maximum absolute atomic E-state index is 12.1. The molecule has 0 saturated carbocycles. The lowest BCUT2D eigenvalue weighted by Crippen LogP contribution is -2.26. The first kappa shape index (κ1) is 5.69. The summed E-state index contributed by atoms with van der Waals surface area (Å²) in [5.41, 5.74) is 0. The summed E-state index contributed by atoms with van der Waals surface area (Å²) in [5.74, 6) is -0.135. The standard InChI is InChI=1S/C5H7FO2/c6-4-1-5(7)3-8-2-4/h4H,1-3H2. The zero-order chi connectivity index (χ0) is 5.98.